The fourth-order valence-electron chi connectivity index (χ4n) is 1.80. The van der Waals surface area contributed by atoms with E-state index in [9.17, 15) is 5.11 Å². The van der Waals surface area contributed by atoms with Crippen LogP contribution in [0.3, 0.4) is 0 Å². The molecular formula is C10H19NO. The molecule has 0 amide bonds. The first-order valence-corrected chi connectivity index (χ1v) is 4.84. The Hall–Kier alpha value is -0.340. The van der Waals surface area contributed by atoms with Crippen LogP contribution in [-0.4, -0.2) is 24.3 Å². The molecular weight excluding hydrogens is 150 g/mol. The van der Waals surface area contributed by atoms with E-state index in [0.29, 0.717) is 5.92 Å². The van der Waals surface area contributed by atoms with E-state index in [2.05, 4.69) is 11.9 Å². The van der Waals surface area contributed by atoms with E-state index in [-0.39, 0.29) is 6.10 Å². The molecule has 2 nitrogen and oxygen atoms in total. The van der Waals surface area contributed by atoms with E-state index in [4.69, 9.17) is 0 Å². The number of aliphatic hydroxyl groups excluding tert-OH is 1. The Morgan fingerprint density at radius 1 is 1.42 bits per heavy atom. The van der Waals surface area contributed by atoms with Crippen LogP contribution in [0.15, 0.2) is 12.7 Å². The van der Waals surface area contributed by atoms with Gasteiger partial charge in [0.2, 0.25) is 0 Å². The summed E-state index contributed by atoms with van der Waals surface area (Å²) in [6.07, 6.45) is 6.41. The molecule has 1 rings (SSSR count). The zero-order valence-corrected chi connectivity index (χ0v) is 7.63. The summed E-state index contributed by atoms with van der Waals surface area (Å²) >= 11 is 0. The van der Waals surface area contributed by atoms with E-state index < -0.39 is 0 Å². The topological polar surface area (TPSA) is 32.3 Å². The number of rotatable bonds is 4. The number of hydrogen-bond donors (Lipinski definition) is 2. The molecule has 0 radical (unpaired) electrons. The fourth-order valence-corrected chi connectivity index (χ4v) is 1.80. The van der Waals surface area contributed by atoms with Gasteiger partial charge in [0.15, 0.2) is 0 Å². The van der Waals surface area contributed by atoms with Crippen molar-refractivity contribution >= 4 is 0 Å². The van der Waals surface area contributed by atoms with Gasteiger partial charge in [0.25, 0.3) is 0 Å². The number of nitrogens with one attached hydrogen (secondary N) is 1. The molecule has 70 valence electrons. The Morgan fingerprint density at radius 2 is 2.17 bits per heavy atom. The molecule has 1 aliphatic rings. The minimum Gasteiger partial charge on any atom is -0.393 e. The molecule has 1 fully saturated rings. The lowest BCUT2D eigenvalue weighted by Crippen LogP contribution is -2.33. The molecule has 0 aliphatic heterocycles. The second-order valence-electron chi connectivity index (χ2n) is 3.56. The highest BCUT2D eigenvalue weighted by Gasteiger charge is 2.21. The lowest BCUT2D eigenvalue weighted by atomic mass is 9.86. The number of aliphatic hydroxyl groups is 1. The average molecular weight is 169 g/mol. The van der Waals surface area contributed by atoms with E-state index in [1.807, 2.05) is 6.08 Å². The van der Waals surface area contributed by atoms with Gasteiger partial charge < -0.3 is 10.4 Å². The molecule has 2 unspecified atom stereocenters. The molecule has 0 aromatic heterocycles. The molecule has 0 bridgehead atoms. The highest BCUT2D eigenvalue weighted by Crippen LogP contribution is 2.23. The van der Waals surface area contributed by atoms with E-state index in [1.54, 1.807) is 0 Å². The van der Waals surface area contributed by atoms with Gasteiger partial charge in [-0.1, -0.05) is 18.9 Å². The summed E-state index contributed by atoms with van der Waals surface area (Å²) < 4.78 is 0. The molecule has 12 heavy (non-hydrogen) atoms. The second kappa shape index (κ2) is 5.33. The first-order chi connectivity index (χ1) is 5.84. The Balaban J connectivity index is 2.15. The SMILES string of the molecule is C=CCNCC1CCCCC1O. The van der Waals surface area contributed by atoms with Gasteiger partial charge in [-0.3, -0.25) is 0 Å². The normalized spacial score (nSPS) is 30.1. The van der Waals surface area contributed by atoms with Crippen LogP contribution in [0.2, 0.25) is 0 Å². The van der Waals surface area contributed by atoms with Gasteiger partial charge in [-0.25, -0.2) is 0 Å². The highest BCUT2D eigenvalue weighted by molar-refractivity contribution is 4.78. The summed E-state index contributed by atoms with van der Waals surface area (Å²) in [5.41, 5.74) is 0. The average Bonchev–Trinajstić information content (AvgIpc) is 2.09. The van der Waals surface area contributed by atoms with Gasteiger partial charge in [-0.15, -0.1) is 6.58 Å². The standard InChI is InChI=1S/C10H19NO/c1-2-7-11-8-9-5-3-4-6-10(9)12/h2,9-12H,1,3-8H2. The maximum atomic E-state index is 9.60. The molecule has 2 N–H and O–H groups in total. The van der Waals surface area contributed by atoms with Gasteiger partial charge in [0.1, 0.15) is 0 Å². The summed E-state index contributed by atoms with van der Waals surface area (Å²) in [4.78, 5) is 0. The van der Waals surface area contributed by atoms with Crippen LogP contribution in [0.5, 0.6) is 0 Å². The lowest BCUT2D eigenvalue weighted by Gasteiger charge is -2.27. The summed E-state index contributed by atoms with van der Waals surface area (Å²) in [5.74, 6) is 0.471. The third kappa shape index (κ3) is 2.95. The van der Waals surface area contributed by atoms with Crippen molar-refractivity contribution in [3.63, 3.8) is 0 Å². The Labute approximate surface area is 74.7 Å². The molecule has 0 spiro atoms. The maximum absolute atomic E-state index is 9.60. The van der Waals surface area contributed by atoms with E-state index >= 15 is 0 Å². The van der Waals surface area contributed by atoms with Gasteiger partial charge in [0.05, 0.1) is 6.10 Å². The Kier molecular flexibility index (Phi) is 4.33. The molecule has 0 saturated heterocycles. The largest absolute Gasteiger partial charge is 0.393 e. The van der Waals surface area contributed by atoms with Crippen LogP contribution >= 0.6 is 0 Å². The Morgan fingerprint density at radius 3 is 2.83 bits per heavy atom. The summed E-state index contributed by atoms with van der Waals surface area (Å²) in [6, 6.07) is 0. The van der Waals surface area contributed by atoms with E-state index in [1.165, 1.54) is 19.3 Å². The van der Waals surface area contributed by atoms with Gasteiger partial charge in [-0.2, -0.15) is 0 Å². The minimum absolute atomic E-state index is 0.0731. The predicted molar refractivity (Wildman–Crippen MR) is 51.0 cm³/mol. The van der Waals surface area contributed by atoms with Crippen molar-refractivity contribution in [2.45, 2.75) is 31.8 Å². The van der Waals surface area contributed by atoms with Crippen molar-refractivity contribution in [2.75, 3.05) is 13.1 Å². The zero-order chi connectivity index (χ0) is 8.81. The first kappa shape index (κ1) is 9.75. The summed E-state index contributed by atoms with van der Waals surface area (Å²) in [5, 5.41) is 12.9. The lowest BCUT2D eigenvalue weighted by molar-refractivity contribution is 0.0702. The fraction of sp³-hybridized carbons (Fsp3) is 0.800. The van der Waals surface area contributed by atoms with Gasteiger partial charge in [-0.05, 0) is 18.8 Å². The maximum Gasteiger partial charge on any atom is 0.0580 e. The van der Waals surface area contributed by atoms with Crippen LogP contribution in [0.1, 0.15) is 25.7 Å². The van der Waals surface area contributed by atoms with Crippen LogP contribution in [-0.2, 0) is 0 Å². The minimum atomic E-state index is -0.0731. The van der Waals surface area contributed by atoms with Crippen molar-refractivity contribution in [1.82, 2.24) is 5.32 Å². The van der Waals surface area contributed by atoms with Crippen molar-refractivity contribution in [3.05, 3.63) is 12.7 Å². The number of hydrogen-bond acceptors (Lipinski definition) is 2. The molecule has 0 aromatic rings. The second-order valence-corrected chi connectivity index (χ2v) is 3.56. The molecule has 2 atom stereocenters. The van der Waals surface area contributed by atoms with Crippen molar-refractivity contribution < 1.29 is 5.11 Å². The third-order valence-corrected chi connectivity index (χ3v) is 2.56. The van der Waals surface area contributed by atoms with Gasteiger partial charge in [0, 0.05) is 13.1 Å². The van der Waals surface area contributed by atoms with Gasteiger partial charge >= 0.3 is 0 Å². The molecule has 0 aromatic carbocycles. The van der Waals surface area contributed by atoms with Crippen LogP contribution in [0.25, 0.3) is 0 Å². The summed E-state index contributed by atoms with van der Waals surface area (Å²) in [7, 11) is 0. The monoisotopic (exact) mass is 169 g/mol. The quantitative estimate of drug-likeness (QED) is 0.491. The predicted octanol–water partition coefficient (Wildman–Crippen LogP) is 1.31. The molecule has 0 heterocycles. The van der Waals surface area contributed by atoms with E-state index in [0.717, 1.165) is 19.5 Å². The molecule has 2 heteroatoms. The van der Waals surface area contributed by atoms with Crippen molar-refractivity contribution in [3.8, 4) is 0 Å². The highest BCUT2D eigenvalue weighted by atomic mass is 16.3. The first-order valence-electron chi connectivity index (χ1n) is 4.84. The van der Waals surface area contributed by atoms with Crippen LogP contribution in [0.4, 0.5) is 0 Å². The molecule has 1 saturated carbocycles. The zero-order valence-electron chi connectivity index (χ0n) is 7.63. The van der Waals surface area contributed by atoms with Crippen LogP contribution < -0.4 is 5.32 Å². The summed E-state index contributed by atoms with van der Waals surface area (Å²) in [6.45, 7) is 5.43. The smallest absolute Gasteiger partial charge is 0.0580 e. The van der Waals surface area contributed by atoms with Crippen LogP contribution in [0, 0.1) is 5.92 Å². The third-order valence-electron chi connectivity index (χ3n) is 2.56. The van der Waals surface area contributed by atoms with Crippen molar-refractivity contribution in [1.29, 1.82) is 0 Å². The molecule has 1 aliphatic carbocycles. The Bertz CT molecular complexity index is 136. The van der Waals surface area contributed by atoms with Crippen molar-refractivity contribution in [2.24, 2.45) is 5.92 Å².